The van der Waals surface area contributed by atoms with Crippen molar-refractivity contribution in [1.82, 2.24) is 0 Å². The summed E-state index contributed by atoms with van der Waals surface area (Å²) in [6.07, 6.45) is 0. The van der Waals surface area contributed by atoms with E-state index in [1.165, 1.54) is 12.1 Å². The van der Waals surface area contributed by atoms with Crippen molar-refractivity contribution < 1.29 is 13.5 Å². The van der Waals surface area contributed by atoms with Crippen molar-refractivity contribution in [3.8, 4) is 0 Å². The molecule has 0 unspecified atom stereocenters. The van der Waals surface area contributed by atoms with Gasteiger partial charge in [-0.3, -0.25) is 0 Å². The minimum Gasteiger partial charge on any atom is -0.399 e. The third-order valence-electron chi connectivity index (χ3n) is 2.31. The summed E-state index contributed by atoms with van der Waals surface area (Å²) < 4.78 is 22.6. The SMILES string of the molecule is CN(CC(C)(C)O)c1cc(N)cc(S(N)(=O)=O)c1. The molecule has 0 spiro atoms. The summed E-state index contributed by atoms with van der Waals surface area (Å²) in [5.41, 5.74) is 5.64. The maximum Gasteiger partial charge on any atom is 0.238 e. The van der Waals surface area contributed by atoms with E-state index >= 15 is 0 Å². The summed E-state index contributed by atoms with van der Waals surface area (Å²) in [5, 5.41) is 14.8. The maximum atomic E-state index is 11.3. The number of hydrogen-bond acceptors (Lipinski definition) is 5. The van der Waals surface area contributed by atoms with Gasteiger partial charge in [0, 0.05) is 25.0 Å². The average molecular weight is 273 g/mol. The molecule has 0 saturated heterocycles. The first kappa shape index (κ1) is 14.7. The monoisotopic (exact) mass is 273 g/mol. The third kappa shape index (κ3) is 4.17. The second kappa shape index (κ2) is 4.75. The van der Waals surface area contributed by atoms with Crippen LogP contribution in [0.5, 0.6) is 0 Å². The van der Waals surface area contributed by atoms with Crippen LogP contribution in [-0.4, -0.2) is 32.7 Å². The Bertz CT molecular complexity index is 535. The number of nitrogens with zero attached hydrogens (tertiary/aromatic N) is 1. The summed E-state index contributed by atoms with van der Waals surface area (Å²) in [7, 11) is -2.06. The molecule has 0 bridgehead atoms. The molecule has 1 aromatic rings. The Hall–Kier alpha value is -1.31. The van der Waals surface area contributed by atoms with Crippen LogP contribution in [0.2, 0.25) is 0 Å². The minimum atomic E-state index is -3.79. The van der Waals surface area contributed by atoms with Gasteiger partial charge in [0.05, 0.1) is 10.5 Å². The highest BCUT2D eigenvalue weighted by molar-refractivity contribution is 7.89. The van der Waals surface area contributed by atoms with Gasteiger partial charge in [0.25, 0.3) is 0 Å². The number of sulfonamides is 1. The Kier molecular flexibility index (Phi) is 3.89. The molecule has 7 heteroatoms. The second-order valence-electron chi connectivity index (χ2n) is 4.97. The lowest BCUT2D eigenvalue weighted by Crippen LogP contribution is -2.36. The first-order valence-electron chi connectivity index (χ1n) is 5.36. The topological polar surface area (TPSA) is 110 Å². The summed E-state index contributed by atoms with van der Waals surface area (Å²) in [6, 6.07) is 4.36. The molecule has 102 valence electrons. The molecule has 18 heavy (non-hydrogen) atoms. The molecule has 5 N–H and O–H groups in total. The van der Waals surface area contributed by atoms with Crippen LogP contribution in [0.4, 0.5) is 11.4 Å². The fourth-order valence-electron chi connectivity index (χ4n) is 1.66. The Morgan fingerprint density at radius 3 is 2.33 bits per heavy atom. The lowest BCUT2D eigenvalue weighted by atomic mass is 10.1. The van der Waals surface area contributed by atoms with Gasteiger partial charge in [-0.15, -0.1) is 0 Å². The highest BCUT2D eigenvalue weighted by Gasteiger charge is 2.18. The minimum absolute atomic E-state index is 0.0416. The zero-order valence-corrected chi connectivity index (χ0v) is 11.5. The van der Waals surface area contributed by atoms with Gasteiger partial charge in [-0.25, -0.2) is 13.6 Å². The van der Waals surface area contributed by atoms with Crippen LogP contribution in [0.15, 0.2) is 23.1 Å². The Labute approximate surface area is 107 Å². The van der Waals surface area contributed by atoms with E-state index in [1.807, 2.05) is 0 Å². The molecule has 0 atom stereocenters. The van der Waals surface area contributed by atoms with Gasteiger partial charge in [-0.1, -0.05) is 0 Å². The average Bonchev–Trinajstić information content (AvgIpc) is 2.12. The van der Waals surface area contributed by atoms with Crippen molar-refractivity contribution >= 4 is 21.4 Å². The van der Waals surface area contributed by atoms with Crippen molar-refractivity contribution in [2.45, 2.75) is 24.3 Å². The maximum absolute atomic E-state index is 11.3. The highest BCUT2D eigenvalue weighted by Crippen LogP contribution is 2.23. The summed E-state index contributed by atoms with van der Waals surface area (Å²) in [5.74, 6) is 0. The Balaban J connectivity index is 3.15. The number of primary sulfonamides is 1. The van der Waals surface area contributed by atoms with Gasteiger partial charge in [-0.2, -0.15) is 0 Å². The van der Waals surface area contributed by atoms with Crippen LogP contribution in [0, 0.1) is 0 Å². The van der Waals surface area contributed by atoms with Gasteiger partial charge in [-0.05, 0) is 32.0 Å². The molecule has 0 amide bonds. The van der Waals surface area contributed by atoms with Gasteiger partial charge in [0.15, 0.2) is 0 Å². The molecule has 1 aromatic carbocycles. The molecule has 0 aliphatic rings. The largest absolute Gasteiger partial charge is 0.399 e. The molecular weight excluding hydrogens is 254 g/mol. The Morgan fingerprint density at radius 1 is 1.33 bits per heavy atom. The molecule has 0 aliphatic heterocycles. The van der Waals surface area contributed by atoms with Crippen molar-refractivity contribution in [3.05, 3.63) is 18.2 Å². The lowest BCUT2D eigenvalue weighted by Gasteiger charge is -2.27. The Morgan fingerprint density at radius 2 is 1.89 bits per heavy atom. The standard InChI is InChI=1S/C11H19N3O3S/c1-11(2,15)7-14(3)9-4-8(12)5-10(6-9)18(13,16)17/h4-6,15H,7,12H2,1-3H3,(H2,13,16,17). The predicted octanol–water partition coefficient (Wildman–Crippen LogP) is 0.123. The van der Waals surface area contributed by atoms with Gasteiger partial charge < -0.3 is 15.7 Å². The molecule has 1 rings (SSSR count). The summed E-state index contributed by atoms with van der Waals surface area (Å²) >= 11 is 0. The summed E-state index contributed by atoms with van der Waals surface area (Å²) in [4.78, 5) is 1.67. The molecule has 0 heterocycles. The molecule has 0 radical (unpaired) electrons. The summed E-state index contributed by atoms with van der Waals surface area (Å²) in [6.45, 7) is 3.66. The van der Waals surface area contributed by atoms with Crippen LogP contribution < -0.4 is 15.8 Å². The van der Waals surface area contributed by atoms with Crippen molar-refractivity contribution in [2.24, 2.45) is 5.14 Å². The van der Waals surface area contributed by atoms with Gasteiger partial charge in [0.1, 0.15) is 0 Å². The van der Waals surface area contributed by atoms with Crippen molar-refractivity contribution in [1.29, 1.82) is 0 Å². The fourth-order valence-corrected chi connectivity index (χ4v) is 2.25. The number of benzene rings is 1. The van der Waals surface area contributed by atoms with Crippen LogP contribution in [-0.2, 0) is 10.0 Å². The molecule has 0 saturated carbocycles. The van der Waals surface area contributed by atoms with Crippen LogP contribution in [0.3, 0.4) is 0 Å². The van der Waals surface area contributed by atoms with E-state index in [2.05, 4.69) is 0 Å². The number of nitrogen functional groups attached to an aromatic ring is 1. The van der Waals surface area contributed by atoms with E-state index in [9.17, 15) is 13.5 Å². The third-order valence-corrected chi connectivity index (χ3v) is 3.20. The van der Waals surface area contributed by atoms with E-state index in [0.29, 0.717) is 17.9 Å². The molecule has 6 nitrogen and oxygen atoms in total. The van der Waals surface area contributed by atoms with E-state index in [4.69, 9.17) is 10.9 Å². The van der Waals surface area contributed by atoms with E-state index in [0.717, 1.165) is 0 Å². The van der Waals surface area contributed by atoms with Gasteiger partial charge in [0.2, 0.25) is 10.0 Å². The van der Waals surface area contributed by atoms with Gasteiger partial charge >= 0.3 is 0 Å². The number of rotatable bonds is 4. The predicted molar refractivity (Wildman–Crippen MR) is 71.8 cm³/mol. The molecular formula is C11H19N3O3S. The first-order valence-corrected chi connectivity index (χ1v) is 6.90. The van der Waals surface area contributed by atoms with E-state index in [-0.39, 0.29) is 4.90 Å². The quantitative estimate of drug-likeness (QED) is 0.675. The molecule has 0 aromatic heterocycles. The highest BCUT2D eigenvalue weighted by atomic mass is 32.2. The number of likely N-dealkylation sites (N-methyl/N-ethyl adjacent to an activating group) is 1. The molecule has 0 fully saturated rings. The number of hydrogen-bond donors (Lipinski definition) is 3. The van der Waals surface area contributed by atoms with E-state index in [1.54, 1.807) is 31.9 Å². The normalized spacial score (nSPS) is 12.5. The van der Waals surface area contributed by atoms with Crippen LogP contribution in [0.25, 0.3) is 0 Å². The van der Waals surface area contributed by atoms with Crippen molar-refractivity contribution in [3.63, 3.8) is 0 Å². The fraction of sp³-hybridized carbons (Fsp3) is 0.455. The number of anilines is 2. The van der Waals surface area contributed by atoms with Crippen LogP contribution in [0.1, 0.15) is 13.8 Å². The van der Waals surface area contributed by atoms with Crippen LogP contribution >= 0.6 is 0 Å². The number of aliphatic hydroxyl groups is 1. The number of nitrogens with two attached hydrogens (primary N) is 2. The lowest BCUT2D eigenvalue weighted by molar-refractivity contribution is 0.0886. The zero-order chi connectivity index (χ0) is 14.1. The van der Waals surface area contributed by atoms with E-state index < -0.39 is 15.6 Å². The zero-order valence-electron chi connectivity index (χ0n) is 10.7. The van der Waals surface area contributed by atoms with Crippen molar-refractivity contribution in [2.75, 3.05) is 24.2 Å². The first-order chi connectivity index (χ1) is 7.99. The smallest absolute Gasteiger partial charge is 0.238 e. The second-order valence-corrected chi connectivity index (χ2v) is 6.54. The molecule has 0 aliphatic carbocycles.